The van der Waals surface area contributed by atoms with Crippen molar-refractivity contribution in [2.75, 3.05) is 7.11 Å². The summed E-state index contributed by atoms with van der Waals surface area (Å²) in [5.41, 5.74) is 5.87. The van der Waals surface area contributed by atoms with Crippen molar-refractivity contribution in [3.05, 3.63) is 59.7 Å². The molecule has 2 aromatic rings. The number of benzene rings is 2. The van der Waals surface area contributed by atoms with E-state index in [9.17, 15) is 13.2 Å². The summed E-state index contributed by atoms with van der Waals surface area (Å²) in [4.78, 5) is 11.5. The van der Waals surface area contributed by atoms with Crippen molar-refractivity contribution in [3.8, 4) is 5.75 Å². The Bertz CT molecular complexity index is 751. The Balaban J connectivity index is 2.35. The number of hydrogen-bond donors (Lipinski definition) is 1. The highest BCUT2D eigenvalue weighted by Gasteiger charge is 2.18. The van der Waals surface area contributed by atoms with Crippen molar-refractivity contribution in [3.63, 3.8) is 0 Å². The van der Waals surface area contributed by atoms with Crippen LogP contribution in [0.15, 0.2) is 53.4 Å². The van der Waals surface area contributed by atoms with Crippen molar-refractivity contribution in [2.24, 2.45) is 5.73 Å². The van der Waals surface area contributed by atoms with Gasteiger partial charge in [0.2, 0.25) is 5.91 Å². The number of methoxy groups -OCH3 is 1. The van der Waals surface area contributed by atoms with Crippen molar-refractivity contribution in [1.29, 1.82) is 0 Å². The molecular formula is C15H15NO4S. The van der Waals surface area contributed by atoms with Crippen molar-refractivity contribution < 1.29 is 17.9 Å². The van der Waals surface area contributed by atoms with Gasteiger partial charge in [-0.1, -0.05) is 18.2 Å². The zero-order chi connectivity index (χ0) is 15.5. The number of carbonyl (C=O) groups is 1. The number of rotatable bonds is 5. The zero-order valence-corrected chi connectivity index (χ0v) is 12.3. The van der Waals surface area contributed by atoms with Crippen LogP contribution in [0.3, 0.4) is 0 Å². The summed E-state index contributed by atoms with van der Waals surface area (Å²) in [7, 11) is -2.05. The normalized spacial score (nSPS) is 11.1. The molecule has 0 unspecified atom stereocenters. The highest BCUT2D eigenvalue weighted by molar-refractivity contribution is 7.90. The van der Waals surface area contributed by atoms with Crippen LogP contribution < -0.4 is 10.5 Å². The molecule has 0 bridgehead atoms. The predicted octanol–water partition coefficient (Wildman–Crippen LogP) is 1.77. The molecule has 2 rings (SSSR count). The summed E-state index contributed by atoms with van der Waals surface area (Å²) in [5, 5.41) is 0. The molecule has 0 heterocycles. The Morgan fingerprint density at radius 3 is 2.29 bits per heavy atom. The molecule has 0 aliphatic rings. The van der Waals surface area contributed by atoms with Gasteiger partial charge in [-0.3, -0.25) is 4.79 Å². The van der Waals surface area contributed by atoms with Crippen molar-refractivity contribution >= 4 is 15.7 Å². The Morgan fingerprint density at radius 2 is 1.71 bits per heavy atom. The lowest BCUT2D eigenvalue weighted by atomic mass is 10.1. The van der Waals surface area contributed by atoms with Gasteiger partial charge in [-0.2, -0.15) is 0 Å². The van der Waals surface area contributed by atoms with E-state index in [0.717, 1.165) is 0 Å². The van der Waals surface area contributed by atoms with E-state index in [2.05, 4.69) is 0 Å². The molecule has 0 aliphatic carbocycles. The van der Waals surface area contributed by atoms with E-state index in [0.29, 0.717) is 11.3 Å². The van der Waals surface area contributed by atoms with Gasteiger partial charge in [0, 0.05) is 5.56 Å². The van der Waals surface area contributed by atoms with Gasteiger partial charge in [0.05, 0.1) is 17.8 Å². The first kappa shape index (κ1) is 15.1. The van der Waals surface area contributed by atoms with Crippen LogP contribution in [0.5, 0.6) is 5.75 Å². The maximum Gasteiger partial charge on any atom is 0.249 e. The number of nitrogens with two attached hydrogens (primary N) is 1. The van der Waals surface area contributed by atoms with E-state index < -0.39 is 15.7 Å². The summed E-state index contributed by atoms with van der Waals surface area (Å²) >= 11 is 0. The van der Waals surface area contributed by atoms with Crippen LogP contribution in [-0.4, -0.2) is 21.4 Å². The van der Waals surface area contributed by atoms with Gasteiger partial charge in [0.25, 0.3) is 0 Å². The first-order chi connectivity index (χ1) is 9.94. The van der Waals surface area contributed by atoms with E-state index in [4.69, 9.17) is 10.5 Å². The van der Waals surface area contributed by atoms with Gasteiger partial charge in [-0.05, 0) is 35.9 Å². The number of hydrogen-bond acceptors (Lipinski definition) is 4. The molecule has 0 saturated heterocycles. The van der Waals surface area contributed by atoms with Gasteiger partial charge >= 0.3 is 0 Å². The van der Waals surface area contributed by atoms with Crippen LogP contribution in [0.25, 0.3) is 0 Å². The third kappa shape index (κ3) is 3.41. The van der Waals surface area contributed by atoms with E-state index in [-0.39, 0.29) is 16.2 Å². The maximum atomic E-state index is 12.4. The quantitative estimate of drug-likeness (QED) is 0.912. The fraction of sp³-hybridized carbons (Fsp3) is 0.133. The number of primary amides is 1. The van der Waals surface area contributed by atoms with Gasteiger partial charge in [0.15, 0.2) is 9.84 Å². The SMILES string of the molecule is COc1ccc(S(=O)(=O)Cc2ccccc2C(N)=O)cc1. The molecule has 6 heteroatoms. The largest absolute Gasteiger partial charge is 0.497 e. The number of carbonyl (C=O) groups excluding carboxylic acids is 1. The predicted molar refractivity (Wildman–Crippen MR) is 78.8 cm³/mol. The average molecular weight is 305 g/mol. The maximum absolute atomic E-state index is 12.4. The molecule has 1 amide bonds. The van der Waals surface area contributed by atoms with Gasteiger partial charge in [-0.25, -0.2) is 8.42 Å². The smallest absolute Gasteiger partial charge is 0.249 e. The lowest BCUT2D eigenvalue weighted by molar-refractivity contribution is 0.0999. The molecule has 0 fully saturated rings. The standard InChI is InChI=1S/C15H15NO4S/c1-20-12-6-8-13(9-7-12)21(18,19)10-11-4-2-3-5-14(11)15(16)17/h2-9H,10H2,1H3,(H2,16,17). The summed E-state index contributed by atoms with van der Waals surface area (Å²) in [5.74, 6) is -0.347. The highest BCUT2D eigenvalue weighted by Crippen LogP contribution is 2.21. The molecule has 0 aliphatic heterocycles. The van der Waals surface area contributed by atoms with E-state index >= 15 is 0 Å². The molecule has 0 aromatic heterocycles. The van der Waals surface area contributed by atoms with Crippen LogP contribution in [-0.2, 0) is 15.6 Å². The third-order valence-electron chi connectivity index (χ3n) is 3.05. The molecule has 110 valence electrons. The Hall–Kier alpha value is -2.34. The molecule has 0 spiro atoms. The molecular weight excluding hydrogens is 290 g/mol. The fourth-order valence-corrected chi connectivity index (χ4v) is 3.34. The van der Waals surface area contributed by atoms with Gasteiger partial charge < -0.3 is 10.5 Å². The third-order valence-corrected chi connectivity index (χ3v) is 4.73. The van der Waals surface area contributed by atoms with Gasteiger partial charge in [-0.15, -0.1) is 0 Å². The molecule has 5 nitrogen and oxygen atoms in total. The van der Waals surface area contributed by atoms with Crippen LogP contribution in [0.4, 0.5) is 0 Å². The monoisotopic (exact) mass is 305 g/mol. The minimum atomic E-state index is -3.56. The van der Waals surface area contributed by atoms with Crippen molar-refractivity contribution in [1.82, 2.24) is 0 Å². The summed E-state index contributed by atoms with van der Waals surface area (Å²) in [6.45, 7) is 0. The summed E-state index contributed by atoms with van der Waals surface area (Å²) in [6, 6.07) is 12.5. The van der Waals surface area contributed by atoms with Crippen LogP contribution in [0, 0.1) is 0 Å². The Kier molecular flexibility index (Phi) is 4.28. The van der Waals surface area contributed by atoms with Gasteiger partial charge in [0.1, 0.15) is 5.75 Å². The van der Waals surface area contributed by atoms with E-state index in [1.54, 1.807) is 30.3 Å². The zero-order valence-electron chi connectivity index (χ0n) is 11.4. The Morgan fingerprint density at radius 1 is 1.10 bits per heavy atom. The van der Waals surface area contributed by atoms with Crippen LogP contribution >= 0.6 is 0 Å². The first-order valence-corrected chi connectivity index (χ1v) is 7.84. The summed E-state index contributed by atoms with van der Waals surface area (Å²) < 4.78 is 29.8. The molecule has 2 N–H and O–H groups in total. The first-order valence-electron chi connectivity index (χ1n) is 6.18. The van der Waals surface area contributed by atoms with Crippen molar-refractivity contribution in [2.45, 2.75) is 10.6 Å². The lowest BCUT2D eigenvalue weighted by Gasteiger charge is -2.08. The second kappa shape index (κ2) is 5.97. The molecule has 0 saturated carbocycles. The second-order valence-corrected chi connectivity index (χ2v) is 6.45. The Labute approximate surface area is 123 Å². The minimum absolute atomic E-state index is 0.169. The summed E-state index contributed by atoms with van der Waals surface area (Å²) in [6.07, 6.45) is 0. The topological polar surface area (TPSA) is 86.5 Å². The molecule has 0 radical (unpaired) electrons. The fourth-order valence-electron chi connectivity index (χ4n) is 1.96. The lowest BCUT2D eigenvalue weighted by Crippen LogP contribution is -2.15. The average Bonchev–Trinajstić information content (AvgIpc) is 2.47. The number of amides is 1. The van der Waals surface area contributed by atoms with E-state index in [1.807, 2.05) is 0 Å². The van der Waals surface area contributed by atoms with Crippen LogP contribution in [0.2, 0.25) is 0 Å². The number of ether oxygens (including phenoxy) is 1. The van der Waals surface area contributed by atoms with Crippen LogP contribution in [0.1, 0.15) is 15.9 Å². The molecule has 2 aromatic carbocycles. The second-order valence-electron chi connectivity index (χ2n) is 4.46. The minimum Gasteiger partial charge on any atom is -0.497 e. The van der Waals surface area contributed by atoms with E-state index in [1.165, 1.54) is 25.3 Å². The highest BCUT2D eigenvalue weighted by atomic mass is 32.2. The molecule has 0 atom stereocenters. The molecule has 21 heavy (non-hydrogen) atoms. The number of sulfone groups is 1.